The summed E-state index contributed by atoms with van der Waals surface area (Å²) in [7, 11) is 5.49. The van der Waals surface area contributed by atoms with Gasteiger partial charge in [0.15, 0.2) is 0 Å². The molecule has 0 spiro atoms. The first-order chi connectivity index (χ1) is 13.5. The number of hydrogen-bond acceptors (Lipinski definition) is 5. The van der Waals surface area contributed by atoms with Gasteiger partial charge in [-0.05, 0) is 63.2 Å². The number of aromatic amines is 1. The van der Waals surface area contributed by atoms with Crippen LogP contribution >= 0.6 is 0 Å². The molecule has 1 aliphatic carbocycles. The van der Waals surface area contributed by atoms with Crippen LogP contribution in [0.25, 0.3) is 10.9 Å². The quantitative estimate of drug-likeness (QED) is 0.678. The first-order valence-corrected chi connectivity index (χ1v) is 9.25. The van der Waals surface area contributed by atoms with Gasteiger partial charge in [-0.1, -0.05) is 0 Å². The van der Waals surface area contributed by atoms with Gasteiger partial charge in [0, 0.05) is 34.3 Å². The second-order valence-electron chi connectivity index (χ2n) is 7.31. The van der Waals surface area contributed by atoms with Crippen molar-refractivity contribution >= 4 is 28.7 Å². The van der Waals surface area contributed by atoms with Crippen LogP contribution in [-0.4, -0.2) is 49.0 Å². The van der Waals surface area contributed by atoms with Crippen molar-refractivity contribution in [1.29, 1.82) is 0 Å². The molecule has 1 atom stereocenters. The third-order valence-corrected chi connectivity index (χ3v) is 5.38. The lowest BCUT2D eigenvalue weighted by atomic mass is 9.90. The van der Waals surface area contributed by atoms with Crippen LogP contribution in [0.2, 0.25) is 0 Å². The van der Waals surface area contributed by atoms with E-state index < -0.39 is 5.97 Å². The number of benzene rings is 1. The van der Waals surface area contributed by atoms with Crippen molar-refractivity contribution in [2.45, 2.75) is 25.3 Å². The molecule has 1 amide bonds. The van der Waals surface area contributed by atoms with Gasteiger partial charge in [-0.25, -0.2) is 4.79 Å². The van der Waals surface area contributed by atoms with Crippen LogP contribution < -0.4 is 5.32 Å². The molecule has 2 heterocycles. The van der Waals surface area contributed by atoms with Gasteiger partial charge in [-0.2, -0.15) is 0 Å². The Labute approximate surface area is 162 Å². The summed E-state index contributed by atoms with van der Waals surface area (Å²) in [5, 5.41) is 3.78. The summed E-state index contributed by atoms with van der Waals surface area (Å²) in [6, 6.07) is 9.14. The van der Waals surface area contributed by atoms with Gasteiger partial charge < -0.3 is 19.0 Å². The Kier molecular flexibility index (Phi) is 4.68. The van der Waals surface area contributed by atoms with E-state index in [1.54, 1.807) is 6.07 Å². The number of H-pyrrole nitrogens is 1. The van der Waals surface area contributed by atoms with E-state index in [2.05, 4.69) is 34.0 Å². The van der Waals surface area contributed by atoms with Crippen molar-refractivity contribution < 1.29 is 18.7 Å². The number of aromatic nitrogens is 1. The maximum atomic E-state index is 12.7. The van der Waals surface area contributed by atoms with Gasteiger partial charge in [0.2, 0.25) is 11.6 Å². The van der Waals surface area contributed by atoms with Gasteiger partial charge in [0.05, 0.1) is 7.11 Å². The Morgan fingerprint density at radius 1 is 1.25 bits per heavy atom. The smallest absolute Gasteiger partial charge is 0.374 e. The highest BCUT2D eigenvalue weighted by Gasteiger charge is 2.24. The fraction of sp³-hybridized carbons (Fsp3) is 0.333. The molecule has 2 aromatic heterocycles. The predicted molar refractivity (Wildman–Crippen MR) is 106 cm³/mol. The van der Waals surface area contributed by atoms with E-state index in [0.717, 1.165) is 30.2 Å². The van der Waals surface area contributed by atoms with Gasteiger partial charge in [0.1, 0.15) is 0 Å². The number of hydrogen-bond donors (Lipinski definition) is 2. The minimum absolute atomic E-state index is 0.0442. The average Bonchev–Trinajstić information content (AvgIpc) is 3.30. The van der Waals surface area contributed by atoms with Crippen LogP contribution in [0.1, 0.15) is 38.6 Å². The number of fused-ring (bicyclic) bond motifs is 3. The van der Waals surface area contributed by atoms with E-state index in [4.69, 9.17) is 4.42 Å². The summed E-state index contributed by atoms with van der Waals surface area (Å²) < 4.78 is 9.92. The van der Waals surface area contributed by atoms with Crippen molar-refractivity contribution in [3.05, 3.63) is 52.9 Å². The summed E-state index contributed by atoms with van der Waals surface area (Å²) in [6.45, 7) is 0. The summed E-state index contributed by atoms with van der Waals surface area (Å²) in [5.74, 6) is -0.629. The standard InChI is InChI=1S/C21H23N3O4/c1-24(2)13-5-7-17-15(11-13)14-10-12(4-6-16(14)22-17)20(25)23-19-9-8-18(28-19)21(26)27-3/h4,6,8-10,13,22H,5,7,11H2,1-3H3,(H,23,25). The van der Waals surface area contributed by atoms with E-state index in [9.17, 15) is 9.59 Å². The second-order valence-corrected chi connectivity index (χ2v) is 7.31. The lowest BCUT2D eigenvalue weighted by Gasteiger charge is -2.28. The molecule has 0 bridgehead atoms. The third kappa shape index (κ3) is 3.29. The van der Waals surface area contributed by atoms with Crippen LogP contribution in [-0.2, 0) is 17.6 Å². The largest absolute Gasteiger partial charge is 0.463 e. The number of nitrogens with one attached hydrogen (secondary N) is 2. The SMILES string of the molecule is COC(=O)c1ccc(NC(=O)c2ccc3[nH]c4c(c3c2)CC(N(C)C)CC4)o1. The number of rotatable bonds is 4. The van der Waals surface area contributed by atoms with Gasteiger partial charge in [0.25, 0.3) is 5.91 Å². The molecule has 0 saturated carbocycles. The molecule has 1 aromatic carbocycles. The lowest BCUT2D eigenvalue weighted by Crippen LogP contribution is -2.33. The Balaban J connectivity index is 1.59. The number of furan rings is 1. The number of esters is 1. The van der Waals surface area contributed by atoms with E-state index in [1.807, 2.05) is 12.1 Å². The van der Waals surface area contributed by atoms with Crippen molar-refractivity contribution in [3.8, 4) is 0 Å². The molecule has 146 valence electrons. The molecule has 0 aliphatic heterocycles. The highest BCUT2D eigenvalue weighted by molar-refractivity contribution is 6.06. The maximum Gasteiger partial charge on any atom is 0.374 e. The Hall–Kier alpha value is -3.06. The van der Waals surface area contributed by atoms with Gasteiger partial charge >= 0.3 is 5.97 Å². The molecule has 0 radical (unpaired) electrons. The third-order valence-electron chi connectivity index (χ3n) is 5.38. The van der Waals surface area contributed by atoms with E-state index >= 15 is 0 Å². The van der Waals surface area contributed by atoms with Crippen LogP contribution in [0.5, 0.6) is 0 Å². The Morgan fingerprint density at radius 2 is 2.07 bits per heavy atom. The fourth-order valence-corrected chi connectivity index (χ4v) is 3.78. The summed E-state index contributed by atoms with van der Waals surface area (Å²) in [4.78, 5) is 29.9. The zero-order valence-corrected chi connectivity index (χ0v) is 16.2. The van der Waals surface area contributed by atoms with Crippen LogP contribution in [0, 0.1) is 0 Å². The zero-order chi connectivity index (χ0) is 19.8. The molecule has 1 aliphatic rings. The molecular formula is C21H23N3O4. The predicted octanol–water partition coefficient (Wildman–Crippen LogP) is 3.22. The van der Waals surface area contributed by atoms with Gasteiger partial charge in [-0.3, -0.25) is 10.1 Å². The summed E-state index contributed by atoms with van der Waals surface area (Å²) in [6.07, 6.45) is 3.10. The number of aryl methyl sites for hydroxylation is 1. The molecule has 0 fully saturated rings. The number of nitrogens with zero attached hydrogens (tertiary/aromatic N) is 1. The average molecular weight is 381 g/mol. The van der Waals surface area contributed by atoms with E-state index in [1.165, 1.54) is 30.5 Å². The molecule has 7 nitrogen and oxygen atoms in total. The van der Waals surface area contributed by atoms with Crippen molar-refractivity contribution in [2.75, 3.05) is 26.5 Å². The van der Waals surface area contributed by atoms with E-state index in [-0.39, 0.29) is 17.6 Å². The lowest BCUT2D eigenvalue weighted by molar-refractivity contribution is 0.0565. The number of methoxy groups -OCH3 is 1. The first kappa shape index (κ1) is 18.3. The monoisotopic (exact) mass is 381 g/mol. The Morgan fingerprint density at radius 3 is 2.82 bits per heavy atom. The molecule has 7 heteroatoms. The van der Waals surface area contributed by atoms with Gasteiger partial charge in [-0.15, -0.1) is 0 Å². The number of carbonyl (C=O) groups excluding carboxylic acids is 2. The topological polar surface area (TPSA) is 87.6 Å². The zero-order valence-electron chi connectivity index (χ0n) is 16.2. The van der Waals surface area contributed by atoms with Crippen LogP contribution in [0.15, 0.2) is 34.7 Å². The van der Waals surface area contributed by atoms with Crippen molar-refractivity contribution in [3.63, 3.8) is 0 Å². The maximum absolute atomic E-state index is 12.7. The molecule has 2 N–H and O–H groups in total. The highest BCUT2D eigenvalue weighted by atomic mass is 16.5. The molecule has 0 saturated heterocycles. The highest BCUT2D eigenvalue weighted by Crippen LogP contribution is 2.31. The normalized spacial score (nSPS) is 16.2. The number of likely N-dealkylation sites (N-methyl/N-ethyl adjacent to an activating group) is 1. The molecular weight excluding hydrogens is 358 g/mol. The van der Waals surface area contributed by atoms with Crippen molar-refractivity contribution in [1.82, 2.24) is 9.88 Å². The summed E-state index contributed by atoms with van der Waals surface area (Å²) >= 11 is 0. The summed E-state index contributed by atoms with van der Waals surface area (Å²) in [5.41, 5.74) is 4.14. The number of carbonyl (C=O) groups is 2. The van der Waals surface area contributed by atoms with Crippen LogP contribution in [0.3, 0.4) is 0 Å². The molecule has 3 aromatic rings. The van der Waals surface area contributed by atoms with Crippen LogP contribution in [0.4, 0.5) is 5.88 Å². The number of amides is 1. The Bertz CT molecular complexity index is 1050. The number of ether oxygens (including phenoxy) is 1. The minimum Gasteiger partial charge on any atom is -0.463 e. The number of anilines is 1. The molecule has 4 rings (SSSR count). The van der Waals surface area contributed by atoms with E-state index in [0.29, 0.717) is 11.6 Å². The molecule has 28 heavy (non-hydrogen) atoms. The first-order valence-electron chi connectivity index (χ1n) is 9.25. The fourth-order valence-electron chi connectivity index (χ4n) is 3.78. The molecule has 1 unspecified atom stereocenters. The minimum atomic E-state index is -0.587. The van der Waals surface area contributed by atoms with Crippen molar-refractivity contribution in [2.24, 2.45) is 0 Å². The second kappa shape index (κ2) is 7.16.